The van der Waals surface area contributed by atoms with Crippen molar-refractivity contribution in [2.75, 3.05) is 18.9 Å². The molecule has 1 aliphatic heterocycles. The first-order valence-corrected chi connectivity index (χ1v) is 18.1. The lowest BCUT2D eigenvalue weighted by Crippen LogP contribution is -2.54. The van der Waals surface area contributed by atoms with Gasteiger partial charge in [-0.1, -0.05) is 6.92 Å². The fourth-order valence-electron chi connectivity index (χ4n) is 4.90. The molecule has 12 atom stereocenters. The summed E-state index contributed by atoms with van der Waals surface area (Å²) < 4.78 is 80.4. The van der Waals surface area contributed by atoms with Gasteiger partial charge in [-0.3, -0.25) is 32.8 Å². The summed E-state index contributed by atoms with van der Waals surface area (Å²) in [5.74, 6) is -6.03. The number of hydrogen-bond acceptors (Lipinski definition) is 21. The van der Waals surface area contributed by atoms with Crippen LogP contribution in [0, 0.1) is 5.92 Å². The van der Waals surface area contributed by atoms with Crippen molar-refractivity contribution in [1.29, 1.82) is 0 Å². The van der Waals surface area contributed by atoms with Crippen LogP contribution in [0.25, 0.3) is 11.2 Å². The number of alkyl halides is 1. The van der Waals surface area contributed by atoms with E-state index in [1.54, 1.807) is 0 Å². The summed E-state index contributed by atoms with van der Waals surface area (Å²) >= 11 is 0. The predicted octanol–water partition coefficient (Wildman–Crippen LogP) is -1.07. The van der Waals surface area contributed by atoms with Crippen molar-refractivity contribution in [2.24, 2.45) is 5.92 Å². The summed E-state index contributed by atoms with van der Waals surface area (Å²) in [6.07, 6.45) is -15.9. The van der Waals surface area contributed by atoms with Crippen molar-refractivity contribution in [3.05, 3.63) is 12.7 Å². The topological polar surface area (TPSA) is 347 Å². The molecule has 3 heterocycles. The Balaban J connectivity index is 1.77. The molecule has 11 unspecified atom stereocenters. The largest absolute Gasteiger partial charge is 0.483 e. The van der Waals surface area contributed by atoms with E-state index >= 15 is 4.39 Å². The molecule has 0 saturated carbocycles. The van der Waals surface area contributed by atoms with E-state index in [4.69, 9.17) is 24.7 Å². The summed E-state index contributed by atoms with van der Waals surface area (Å²) in [7, 11) is -11.7. The van der Waals surface area contributed by atoms with Crippen molar-refractivity contribution >= 4 is 56.5 Å². The van der Waals surface area contributed by atoms with E-state index in [1.165, 1.54) is 4.57 Å². The van der Waals surface area contributed by atoms with E-state index in [-0.39, 0.29) is 17.0 Å². The van der Waals surface area contributed by atoms with Crippen molar-refractivity contribution in [3.8, 4) is 0 Å². The minimum Gasteiger partial charge on any atom is -0.463 e. The highest BCUT2D eigenvalue weighted by Crippen LogP contribution is 2.61. The zero-order valence-corrected chi connectivity index (χ0v) is 30.2. The lowest BCUT2D eigenvalue weighted by atomic mass is 9.91. The highest BCUT2D eigenvalue weighted by Gasteiger charge is 2.50. The zero-order chi connectivity index (χ0) is 40.0. The van der Waals surface area contributed by atoms with Crippen LogP contribution in [-0.2, 0) is 65.4 Å². The number of phosphoric acid groups is 2. The lowest BCUT2D eigenvalue weighted by Gasteiger charge is -2.37. The second-order valence-corrected chi connectivity index (χ2v) is 14.3. The summed E-state index contributed by atoms with van der Waals surface area (Å²) in [5.41, 5.74) is 5.97. The van der Waals surface area contributed by atoms with Gasteiger partial charge in [-0.05, 0) is 0 Å². The number of fused-ring (bicyclic) bond motifs is 1. The Hall–Kier alpha value is -3.74. The predicted molar refractivity (Wildman–Crippen MR) is 167 cm³/mol. The SMILES string of the molecule is CC(=O)OC[C@H](F)C(C)C(OC(C)=O)C(OC(C)=O)C(OC(C)=O)C(O)OP(=O)(O)OP(=O)(O)OCC1OC(n2cnc3c(N)ncnc32)C(O)C1O. The van der Waals surface area contributed by atoms with Crippen LogP contribution >= 0.6 is 15.6 Å². The number of carbonyl (C=O) groups is 4. The van der Waals surface area contributed by atoms with Crippen molar-refractivity contribution in [1.82, 2.24) is 19.5 Å². The molecule has 298 valence electrons. The van der Waals surface area contributed by atoms with E-state index < -0.39 is 114 Å². The molecule has 0 spiro atoms. The molecular formula is C26H38FN5O19P2. The van der Waals surface area contributed by atoms with Crippen LogP contribution in [-0.4, -0.2) is 131 Å². The third-order valence-electron chi connectivity index (χ3n) is 7.22. The van der Waals surface area contributed by atoms with E-state index in [0.29, 0.717) is 0 Å². The Bertz CT molecular complexity index is 1730. The highest BCUT2D eigenvalue weighted by molar-refractivity contribution is 7.61. The van der Waals surface area contributed by atoms with Gasteiger partial charge in [0.2, 0.25) is 6.29 Å². The summed E-state index contributed by atoms with van der Waals surface area (Å²) in [4.78, 5) is 79.5. The number of aliphatic hydroxyl groups excluding tert-OH is 3. The number of phosphoric ester groups is 2. The molecule has 0 radical (unpaired) electrons. The number of nitrogens with two attached hydrogens (primary N) is 1. The molecule has 0 bridgehead atoms. The normalized spacial score (nSPS) is 24.4. The van der Waals surface area contributed by atoms with Crippen LogP contribution in [0.1, 0.15) is 40.8 Å². The Morgan fingerprint density at radius 1 is 0.925 bits per heavy atom. The number of esters is 4. The quantitative estimate of drug-likeness (QED) is 0.0452. The number of nitrogens with zero attached hydrogens (tertiary/aromatic N) is 4. The van der Waals surface area contributed by atoms with Gasteiger partial charge in [-0.25, -0.2) is 28.5 Å². The number of rotatable bonds is 18. The second kappa shape index (κ2) is 18.1. The van der Waals surface area contributed by atoms with Crippen LogP contribution in [0.2, 0.25) is 0 Å². The molecule has 24 nitrogen and oxygen atoms in total. The monoisotopic (exact) mass is 805 g/mol. The van der Waals surface area contributed by atoms with Crippen molar-refractivity contribution < 1.29 is 94.8 Å². The van der Waals surface area contributed by atoms with Gasteiger partial charge in [0.05, 0.1) is 12.9 Å². The molecule has 1 saturated heterocycles. The first-order chi connectivity index (χ1) is 24.5. The van der Waals surface area contributed by atoms with Crippen molar-refractivity contribution in [3.63, 3.8) is 0 Å². The maximum Gasteiger partial charge on any atom is 0.483 e. The molecule has 1 aliphatic rings. The van der Waals surface area contributed by atoms with Crippen LogP contribution in [0.5, 0.6) is 0 Å². The molecular weight excluding hydrogens is 767 g/mol. The second-order valence-electron chi connectivity index (χ2n) is 11.3. The third kappa shape index (κ3) is 11.9. The molecule has 1 fully saturated rings. The molecule has 2 aromatic heterocycles. The Labute approximate surface area is 298 Å². The van der Waals surface area contributed by atoms with E-state index in [1.807, 2.05) is 0 Å². The zero-order valence-electron chi connectivity index (χ0n) is 28.4. The van der Waals surface area contributed by atoms with E-state index in [0.717, 1.165) is 47.3 Å². The van der Waals surface area contributed by atoms with E-state index in [9.17, 15) is 53.4 Å². The number of carbonyl (C=O) groups excluding carboxylic acids is 4. The lowest BCUT2D eigenvalue weighted by molar-refractivity contribution is -0.219. The third-order valence-corrected chi connectivity index (χ3v) is 9.83. The van der Waals surface area contributed by atoms with Gasteiger partial charge >= 0.3 is 39.5 Å². The summed E-state index contributed by atoms with van der Waals surface area (Å²) in [6, 6.07) is 0. The summed E-state index contributed by atoms with van der Waals surface area (Å²) in [5, 5.41) is 31.9. The molecule has 0 aromatic carbocycles. The van der Waals surface area contributed by atoms with Gasteiger partial charge in [0.25, 0.3) is 0 Å². The molecule has 0 aliphatic carbocycles. The number of aliphatic hydroxyl groups is 3. The molecule has 2 aromatic rings. The van der Waals surface area contributed by atoms with Gasteiger partial charge in [0.15, 0.2) is 29.9 Å². The number of ether oxygens (including phenoxy) is 5. The maximum atomic E-state index is 15.1. The standard InChI is InChI=1S/C26H38FN5O19P2/c1-10(15(27)6-44-11(2)33)20(46-12(3)34)21(47-13(4)35)22(48-14(5)36)26(39)50-53(42,43)51-52(40,41)45-7-16-18(37)19(38)25(49-16)32-9-31-17-23(28)29-8-30-24(17)32/h8-10,15-16,18-22,25-26,37-39H,6-7H2,1-5H3,(H,40,41)(H,42,43)(H2,28,29,30)/t10?,15-,16?,18?,19?,20?,21?,22?,25?,26?/m0/s1. The van der Waals surface area contributed by atoms with Crippen LogP contribution in [0.15, 0.2) is 12.7 Å². The number of hydrogen-bond donors (Lipinski definition) is 6. The van der Waals surface area contributed by atoms with Crippen LogP contribution < -0.4 is 5.73 Å². The average Bonchev–Trinajstić information content (AvgIpc) is 3.58. The smallest absolute Gasteiger partial charge is 0.463 e. The first-order valence-electron chi connectivity index (χ1n) is 15.1. The summed E-state index contributed by atoms with van der Waals surface area (Å²) in [6.45, 7) is 2.52. The average molecular weight is 806 g/mol. The van der Waals surface area contributed by atoms with Gasteiger partial charge in [0, 0.05) is 33.6 Å². The molecule has 3 rings (SSSR count). The van der Waals surface area contributed by atoms with Gasteiger partial charge in [0.1, 0.15) is 49.0 Å². The highest BCUT2D eigenvalue weighted by atomic mass is 31.3. The maximum absolute atomic E-state index is 15.1. The Morgan fingerprint density at radius 3 is 2.09 bits per heavy atom. The number of aromatic nitrogens is 4. The Kier molecular flexibility index (Phi) is 14.9. The van der Waals surface area contributed by atoms with Gasteiger partial charge < -0.3 is 54.5 Å². The van der Waals surface area contributed by atoms with Gasteiger partial charge in [-0.2, -0.15) is 4.31 Å². The molecule has 27 heteroatoms. The van der Waals surface area contributed by atoms with Gasteiger partial charge in [-0.15, -0.1) is 0 Å². The van der Waals surface area contributed by atoms with Crippen LogP contribution in [0.3, 0.4) is 0 Å². The number of anilines is 1. The minimum atomic E-state index is -5.99. The Morgan fingerprint density at radius 2 is 1.51 bits per heavy atom. The number of imidazole rings is 1. The fraction of sp³-hybridized carbons (Fsp3) is 0.654. The van der Waals surface area contributed by atoms with Crippen LogP contribution in [0.4, 0.5) is 10.2 Å². The number of halogens is 1. The van der Waals surface area contributed by atoms with E-state index in [2.05, 4.69) is 33.0 Å². The first kappa shape index (κ1) is 43.7. The molecule has 53 heavy (non-hydrogen) atoms. The number of nitrogen functional groups attached to an aromatic ring is 1. The molecule has 0 amide bonds. The van der Waals surface area contributed by atoms with Crippen molar-refractivity contribution in [2.45, 2.75) is 89.9 Å². The molecule has 7 N–H and O–H groups in total. The fourth-order valence-corrected chi connectivity index (χ4v) is 7.02. The minimum absolute atomic E-state index is 0.00898.